The number of aromatic hydroxyl groups is 1. The second-order valence-electron chi connectivity index (χ2n) is 11.5. The van der Waals surface area contributed by atoms with E-state index in [9.17, 15) is 19.5 Å². The molecule has 8 heteroatoms. The summed E-state index contributed by atoms with van der Waals surface area (Å²) in [6, 6.07) is 14.0. The Morgan fingerprint density at radius 3 is 2.12 bits per heavy atom. The maximum absolute atomic E-state index is 14.4. The van der Waals surface area contributed by atoms with Crippen LogP contribution in [0.2, 0.25) is 0 Å². The number of nitrogens with zero attached hydrogens (tertiary/aromatic N) is 1. The Labute approximate surface area is 245 Å². The van der Waals surface area contributed by atoms with E-state index in [4.69, 9.17) is 4.74 Å². The molecule has 0 radical (unpaired) electrons. The summed E-state index contributed by atoms with van der Waals surface area (Å²) in [5.41, 5.74) is 0.727. The van der Waals surface area contributed by atoms with Gasteiger partial charge in [0.25, 0.3) is 0 Å². The number of carbonyl (C=O) groups is 3. The zero-order chi connectivity index (χ0) is 30.3. The average Bonchev–Trinajstić information content (AvgIpc) is 2.92. The maximum Gasteiger partial charge on any atom is 0.408 e. The number of amides is 3. The molecule has 226 valence electrons. The number of phenolic OH excluding ortho intramolecular Hbond substituents is 1. The summed E-state index contributed by atoms with van der Waals surface area (Å²) in [6.45, 7) is 10.4. The number of ether oxygens (including phenoxy) is 1. The highest BCUT2D eigenvalue weighted by molar-refractivity contribution is 5.92. The van der Waals surface area contributed by atoms with Crippen molar-refractivity contribution in [1.29, 1.82) is 0 Å². The summed E-state index contributed by atoms with van der Waals surface area (Å²) >= 11 is 0. The average molecular weight is 568 g/mol. The van der Waals surface area contributed by atoms with Crippen LogP contribution in [0.3, 0.4) is 0 Å². The number of alkyl carbamates (subject to hydrolysis) is 1. The van der Waals surface area contributed by atoms with Crippen LogP contribution in [-0.4, -0.2) is 52.6 Å². The topological polar surface area (TPSA) is 108 Å². The second-order valence-corrected chi connectivity index (χ2v) is 11.5. The Kier molecular flexibility index (Phi) is 14.2. The van der Waals surface area contributed by atoms with E-state index in [1.165, 1.54) is 12.1 Å². The molecule has 0 aliphatic carbocycles. The van der Waals surface area contributed by atoms with Gasteiger partial charge in [-0.05, 0) is 56.9 Å². The molecular formula is C33H49N3O5. The molecule has 41 heavy (non-hydrogen) atoms. The third-order valence-electron chi connectivity index (χ3n) is 6.66. The van der Waals surface area contributed by atoms with E-state index in [1.807, 2.05) is 30.3 Å². The lowest BCUT2D eigenvalue weighted by atomic mass is 9.99. The predicted octanol–water partition coefficient (Wildman–Crippen LogP) is 6.28. The van der Waals surface area contributed by atoms with E-state index in [-0.39, 0.29) is 24.0 Å². The summed E-state index contributed by atoms with van der Waals surface area (Å²) in [5, 5.41) is 15.7. The first-order chi connectivity index (χ1) is 19.6. The minimum Gasteiger partial charge on any atom is -0.508 e. The summed E-state index contributed by atoms with van der Waals surface area (Å²) in [5.74, 6) is -0.574. The summed E-state index contributed by atoms with van der Waals surface area (Å²) in [6.07, 6.45) is 6.06. The first-order valence-electron chi connectivity index (χ1n) is 15.0. The van der Waals surface area contributed by atoms with Gasteiger partial charge in [0.1, 0.15) is 23.4 Å². The SMILES string of the molecule is CCCCCCN(C(=O)C(Cc1ccccc1)NC(=O)OC(C)(C)C)C(C(=O)NCCCCC)c1ccc(O)cc1. The molecule has 8 nitrogen and oxygen atoms in total. The van der Waals surface area contributed by atoms with Crippen LogP contribution in [-0.2, 0) is 20.7 Å². The Bertz CT molecular complexity index is 1070. The van der Waals surface area contributed by atoms with Crippen LogP contribution >= 0.6 is 0 Å². The number of hydrogen-bond donors (Lipinski definition) is 3. The van der Waals surface area contributed by atoms with Gasteiger partial charge in [0.2, 0.25) is 11.8 Å². The number of rotatable bonds is 16. The van der Waals surface area contributed by atoms with E-state index < -0.39 is 23.8 Å². The molecule has 0 saturated heterocycles. The number of hydrogen-bond acceptors (Lipinski definition) is 5. The van der Waals surface area contributed by atoms with Crippen molar-refractivity contribution in [2.75, 3.05) is 13.1 Å². The van der Waals surface area contributed by atoms with Crippen LogP contribution in [0.5, 0.6) is 5.75 Å². The molecule has 0 bridgehead atoms. The summed E-state index contributed by atoms with van der Waals surface area (Å²) in [4.78, 5) is 42.6. The first-order valence-corrected chi connectivity index (χ1v) is 15.0. The largest absolute Gasteiger partial charge is 0.508 e. The van der Waals surface area contributed by atoms with Crippen LogP contribution in [0.25, 0.3) is 0 Å². The summed E-state index contributed by atoms with van der Waals surface area (Å²) < 4.78 is 5.50. The zero-order valence-corrected chi connectivity index (χ0v) is 25.4. The standard InChI is InChI=1S/C33H49N3O5/c1-6-8-10-15-23-36(29(26-18-20-27(37)21-19-26)30(38)34-22-14-9-7-2)31(39)28(24-25-16-12-11-13-17-25)35-32(40)41-33(3,4)5/h11-13,16-21,28-29,37H,6-10,14-15,22-24H2,1-5H3,(H,34,38)(H,35,40). The molecule has 2 aromatic carbocycles. The van der Waals surface area contributed by atoms with Crippen molar-refractivity contribution < 1.29 is 24.2 Å². The van der Waals surface area contributed by atoms with Crippen LogP contribution in [0.1, 0.15) is 96.7 Å². The van der Waals surface area contributed by atoms with E-state index in [1.54, 1.807) is 37.8 Å². The third-order valence-corrected chi connectivity index (χ3v) is 6.66. The van der Waals surface area contributed by atoms with E-state index >= 15 is 0 Å². The fourth-order valence-corrected chi connectivity index (χ4v) is 4.59. The molecule has 0 fully saturated rings. The number of phenols is 1. The second kappa shape index (κ2) is 17.3. The van der Waals surface area contributed by atoms with Crippen molar-refractivity contribution >= 4 is 17.9 Å². The van der Waals surface area contributed by atoms with Gasteiger partial charge in [-0.15, -0.1) is 0 Å². The molecule has 0 aliphatic heterocycles. The monoisotopic (exact) mass is 567 g/mol. The van der Waals surface area contributed by atoms with Crippen molar-refractivity contribution in [2.24, 2.45) is 0 Å². The van der Waals surface area contributed by atoms with Gasteiger partial charge in [-0.3, -0.25) is 9.59 Å². The van der Waals surface area contributed by atoms with Crippen LogP contribution < -0.4 is 10.6 Å². The highest BCUT2D eigenvalue weighted by Gasteiger charge is 2.36. The van der Waals surface area contributed by atoms with Gasteiger partial charge in [-0.2, -0.15) is 0 Å². The highest BCUT2D eigenvalue weighted by atomic mass is 16.6. The Balaban J connectivity index is 2.49. The van der Waals surface area contributed by atoms with Gasteiger partial charge in [-0.25, -0.2) is 4.79 Å². The van der Waals surface area contributed by atoms with Gasteiger partial charge in [0.15, 0.2) is 0 Å². The molecule has 0 aromatic heterocycles. The number of benzene rings is 2. The van der Waals surface area contributed by atoms with Crippen molar-refractivity contribution in [2.45, 2.75) is 104 Å². The number of unbranched alkanes of at least 4 members (excludes halogenated alkanes) is 5. The molecule has 0 heterocycles. The number of carbonyl (C=O) groups excluding carboxylic acids is 3. The van der Waals surface area contributed by atoms with Crippen molar-refractivity contribution in [1.82, 2.24) is 15.5 Å². The molecule has 3 amide bonds. The van der Waals surface area contributed by atoms with Crippen LogP contribution in [0.15, 0.2) is 54.6 Å². The molecule has 2 unspecified atom stereocenters. The van der Waals surface area contributed by atoms with Gasteiger partial charge in [0.05, 0.1) is 0 Å². The van der Waals surface area contributed by atoms with Crippen LogP contribution in [0, 0.1) is 0 Å². The van der Waals surface area contributed by atoms with E-state index in [2.05, 4.69) is 24.5 Å². The fourth-order valence-electron chi connectivity index (χ4n) is 4.59. The quantitative estimate of drug-likeness (QED) is 0.207. The molecule has 0 aliphatic rings. The van der Waals surface area contributed by atoms with Gasteiger partial charge in [-0.1, -0.05) is 88.4 Å². The molecular weight excluding hydrogens is 518 g/mol. The molecule has 0 spiro atoms. The predicted molar refractivity (Wildman–Crippen MR) is 163 cm³/mol. The maximum atomic E-state index is 14.4. The molecule has 2 rings (SSSR count). The van der Waals surface area contributed by atoms with Crippen LogP contribution in [0.4, 0.5) is 4.79 Å². The minimum atomic E-state index is -0.953. The van der Waals surface area contributed by atoms with Crippen molar-refractivity contribution in [3.8, 4) is 5.75 Å². The van der Waals surface area contributed by atoms with Crippen molar-refractivity contribution in [3.05, 3.63) is 65.7 Å². The molecule has 0 saturated carbocycles. The van der Waals surface area contributed by atoms with E-state index in [0.29, 0.717) is 25.1 Å². The first kappa shape index (κ1) is 33.7. The lowest BCUT2D eigenvalue weighted by Gasteiger charge is -2.34. The lowest BCUT2D eigenvalue weighted by molar-refractivity contribution is -0.142. The van der Waals surface area contributed by atoms with Gasteiger partial charge in [0, 0.05) is 19.5 Å². The normalized spacial score (nSPS) is 12.7. The molecule has 2 atom stereocenters. The fraction of sp³-hybridized carbons (Fsp3) is 0.545. The number of nitrogens with one attached hydrogen (secondary N) is 2. The smallest absolute Gasteiger partial charge is 0.408 e. The van der Waals surface area contributed by atoms with E-state index in [0.717, 1.165) is 44.1 Å². The Morgan fingerprint density at radius 2 is 1.51 bits per heavy atom. The Morgan fingerprint density at radius 1 is 0.878 bits per heavy atom. The minimum absolute atomic E-state index is 0.0743. The third kappa shape index (κ3) is 12.2. The zero-order valence-electron chi connectivity index (χ0n) is 25.4. The van der Waals surface area contributed by atoms with Gasteiger partial charge < -0.3 is 25.4 Å². The Hall–Kier alpha value is -3.55. The summed E-state index contributed by atoms with van der Waals surface area (Å²) in [7, 11) is 0. The molecule has 2 aromatic rings. The van der Waals surface area contributed by atoms with Gasteiger partial charge >= 0.3 is 6.09 Å². The molecule has 3 N–H and O–H groups in total. The van der Waals surface area contributed by atoms with Crippen molar-refractivity contribution in [3.63, 3.8) is 0 Å². The highest BCUT2D eigenvalue weighted by Crippen LogP contribution is 2.26. The lowest BCUT2D eigenvalue weighted by Crippen LogP contribution is -2.54.